The van der Waals surface area contributed by atoms with Crippen LogP contribution in [0.5, 0.6) is 0 Å². The second-order valence-corrected chi connectivity index (χ2v) is 9.66. The number of nitrogens with one attached hydrogen (secondary N) is 1. The standard InChI is InChI=1S/C20H22BrN5OS2/c1-2-26-18(14-5-3-4-6-14)24-25-20(26)29-12-17(27)23-19-22-16(11-28-19)13-7-9-15(21)10-8-13/h7-11,14H,2-6,12H2,1H3,(H,22,23,27). The Hall–Kier alpha value is -1.71. The minimum Gasteiger partial charge on any atom is -0.306 e. The molecule has 0 bridgehead atoms. The lowest BCUT2D eigenvalue weighted by atomic mass is 10.1. The van der Waals surface area contributed by atoms with Crippen LogP contribution in [-0.4, -0.2) is 31.4 Å². The molecule has 1 aromatic carbocycles. The van der Waals surface area contributed by atoms with Gasteiger partial charge in [-0.3, -0.25) is 4.79 Å². The van der Waals surface area contributed by atoms with Gasteiger partial charge in [0.25, 0.3) is 0 Å². The first kappa shape index (κ1) is 20.6. The third-order valence-corrected chi connectivity index (χ3v) is 7.26. The lowest BCUT2D eigenvalue weighted by molar-refractivity contribution is -0.113. The van der Waals surface area contributed by atoms with Crippen molar-refractivity contribution < 1.29 is 4.79 Å². The van der Waals surface area contributed by atoms with Crippen LogP contribution in [0.2, 0.25) is 0 Å². The van der Waals surface area contributed by atoms with Crippen LogP contribution in [0.25, 0.3) is 11.3 Å². The summed E-state index contributed by atoms with van der Waals surface area (Å²) < 4.78 is 3.18. The summed E-state index contributed by atoms with van der Waals surface area (Å²) in [6, 6.07) is 7.96. The highest BCUT2D eigenvalue weighted by Crippen LogP contribution is 2.34. The zero-order valence-corrected chi connectivity index (χ0v) is 19.3. The number of rotatable bonds is 7. The van der Waals surface area contributed by atoms with Crippen molar-refractivity contribution in [2.75, 3.05) is 11.1 Å². The van der Waals surface area contributed by atoms with Crippen molar-refractivity contribution in [1.29, 1.82) is 0 Å². The molecule has 2 heterocycles. The molecule has 29 heavy (non-hydrogen) atoms. The van der Waals surface area contributed by atoms with E-state index in [-0.39, 0.29) is 11.7 Å². The predicted octanol–water partition coefficient (Wildman–Crippen LogP) is 5.57. The van der Waals surface area contributed by atoms with E-state index >= 15 is 0 Å². The Kier molecular flexibility index (Phi) is 6.67. The minimum absolute atomic E-state index is 0.0835. The summed E-state index contributed by atoms with van der Waals surface area (Å²) in [5.41, 5.74) is 1.88. The molecule has 1 aliphatic carbocycles. The lowest BCUT2D eigenvalue weighted by Gasteiger charge is -2.11. The first-order valence-corrected chi connectivity index (χ1v) is 12.4. The summed E-state index contributed by atoms with van der Waals surface area (Å²) in [6.07, 6.45) is 4.91. The topological polar surface area (TPSA) is 72.7 Å². The van der Waals surface area contributed by atoms with Crippen molar-refractivity contribution in [2.24, 2.45) is 0 Å². The van der Waals surface area contributed by atoms with Crippen molar-refractivity contribution in [3.63, 3.8) is 0 Å². The number of thiazole rings is 1. The number of carbonyl (C=O) groups excluding carboxylic acids is 1. The van der Waals surface area contributed by atoms with Gasteiger partial charge in [0.2, 0.25) is 5.91 Å². The smallest absolute Gasteiger partial charge is 0.236 e. The maximum atomic E-state index is 12.4. The second kappa shape index (κ2) is 9.40. The van der Waals surface area contributed by atoms with E-state index in [1.165, 1.54) is 48.8 Å². The molecule has 0 atom stereocenters. The number of nitrogens with zero attached hydrogens (tertiary/aromatic N) is 4. The fraction of sp³-hybridized carbons (Fsp3) is 0.400. The van der Waals surface area contributed by atoms with E-state index in [1.54, 1.807) is 0 Å². The van der Waals surface area contributed by atoms with Gasteiger partial charge in [0.05, 0.1) is 11.4 Å². The van der Waals surface area contributed by atoms with Gasteiger partial charge in [0, 0.05) is 27.9 Å². The zero-order valence-electron chi connectivity index (χ0n) is 16.1. The summed E-state index contributed by atoms with van der Waals surface area (Å²) in [4.78, 5) is 16.9. The van der Waals surface area contributed by atoms with Crippen LogP contribution in [-0.2, 0) is 11.3 Å². The maximum Gasteiger partial charge on any atom is 0.236 e. The SMILES string of the molecule is CCn1c(SCC(=O)Nc2nc(-c3ccc(Br)cc3)cs2)nnc1C1CCCC1. The molecule has 9 heteroatoms. The number of anilines is 1. The van der Waals surface area contributed by atoms with Crippen LogP contribution >= 0.6 is 39.0 Å². The predicted molar refractivity (Wildman–Crippen MR) is 122 cm³/mol. The molecule has 1 amide bonds. The number of hydrogen-bond acceptors (Lipinski definition) is 6. The summed E-state index contributed by atoms with van der Waals surface area (Å²) in [5, 5.41) is 15.0. The fourth-order valence-electron chi connectivity index (χ4n) is 3.56. The molecule has 0 unspecified atom stereocenters. The van der Waals surface area contributed by atoms with Gasteiger partial charge in [-0.1, -0.05) is 52.7 Å². The summed E-state index contributed by atoms with van der Waals surface area (Å²) >= 11 is 6.30. The first-order valence-electron chi connectivity index (χ1n) is 9.71. The molecular weight excluding hydrogens is 470 g/mol. The molecule has 1 saturated carbocycles. The van der Waals surface area contributed by atoms with Gasteiger partial charge in [0.15, 0.2) is 10.3 Å². The molecule has 3 aromatic rings. The molecule has 6 nitrogen and oxygen atoms in total. The highest BCUT2D eigenvalue weighted by atomic mass is 79.9. The Balaban J connectivity index is 1.35. The number of halogens is 1. The van der Waals surface area contributed by atoms with Gasteiger partial charge in [-0.05, 0) is 31.9 Å². The van der Waals surface area contributed by atoms with Gasteiger partial charge in [-0.2, -0.15) is 0 Å². The van der Waals surface area contributed by atoms with Crippen molar-refractivity contribution in [3.05, 3.63) is 39.9 Å². The quantitative estimate of drug-likeness (QED) is 0.437. The Labute approximate surface area is 186 Å². The Bertz CT molecular complexity index is 979. The van der Waals surface area contributed by atoms with E-state index in [0.717, 1.165) is 33.3 Å². The fourth-order valence-corrected chi connectivity index (χ4v) is 5.37. The van der Waals surface area contributed by atoms with Crippen molar-refractivity contribution >= 4 is 50.1 Å². The molecule has 0 radical (unpaired) electrons. The maximum absolute atomic E-state index is 12.4. The minimum atomic E-state index is -0.0835. The van der Waals surface area contributed by atoms with Crippen LogP contribution in [0.4, 0.5) is 5.13 Å². The van der Waals surface area contributed by atoms with Crippen LogP contribution in [0.1, 0.15) is 44.3 Å². The zero-order chi connectivity index (χ0) is 20.2. The van der Waals surface area contributed by atoms with Crippen LogP contribution in [0.15, 0.2) is 39.3 Å². The number of amides is 1. The molecule has 1 N–H and O–H groups in total. The Morgan fingerprint density at radius 3 is 2.76 bits per heavy atom. The van der Waals surface area contributed by atoms with E-state index < -0.39 is 0 Å². The number of aromatic nitrogens is 4. The third kappa shape index (κ3) is 4.90. The number of carbonyl (C=O) groups is 1. The monoisotopic (exact) mass is 491 g/mol. The first-order chi connectivity index (χ1) is 14.1. The number of hydrogen-bond donors (Lipinski definition) is 1. The summed E-state index contributed by atoms with van der Waals surface area (Å²) in [5.74, 6) is 1.79. The van der Waals surface area contributed by atoms with Crippen molar-refractivity contribution in [2.45, 2.75) is 50.2 Å². The van der Waals surface area contributed by atoms with Gasteiger partial charge >= 0.3 is 0 Å². The molecule has 1 fully saturated rings. The molecule has 1 aliphatic rings. The second-order valence-electron chi connectivity index (χ2n) is 6.95. The van der Waals surface area contributed by atoms with Crippen LogP contribution in [0, 0.1) is 0 Å². The molecule has 0 spiro atoms. The van der Waals surface area contributed by atoms with E-state index in [0.29, 0.717) is 11.0 Å². The number of benzene rings is 1. The van der Waals surface area contributed by atoms with Crippen molar-refractivity contribution in [1.82, 2.24) is 19.7 Å². The van der Waals surface area contributed by atoms with Gasteiger partial charge in [0.1, 0.15) is 5.82 Å². The van der Waals surface area contributed by atoms with Gasteiger partial charge in [-0.15, -0.1) is 21.5 Å². The Morgan fingerprint density at radius 1 is 1.28 bits per heavy atom. The normalized spacial score (nSPS) is 14.4. The summed E-state index contributed by atoms with van der Waals surface area (Å²) in [6.45, 7) is 2.93. The average Bonchev–Trinajstić information content (AvgIpc) is 3.47. The molecule has 152 valence electrons. The largest absolute Gasteiger partial charge is 0.306 e. The summed E-state index contributed by atoms with van der Waals surface area (Å²) in [7, 11) is 0. The van der Waals surface area contributed by atoms with Gasteiger partial charge < -0.3 is 9.88 Å². The molecule has 4 rings (SSSR count). The van der Waals surface area contributed by atoms with Crippen LogP contribution < -0.4 is 5.32 Å². The highest BCUT2D eigenvalue weighted by Gasteiger charge is 2.24. The van der Waals surface area contributed by atoms with Gasteiger partial charge in [-0.25, -0.2) is 4.98 Å². The highest BCUT2D eigenvalue weighted by molar-refractivity contribution is 9.10. The van der Waals surface area contributed by atoms with E-state index in [2.05, 4.69) is 47.9 Å². The lowest BCUT2D eigenvalue weighted by Crippen LogP contribution is -2.14. The van der Waals surface area contributed by atoms with E-state index in [4.69, 9.17) is 0 Å². The third-order valence-electron chi connectivity index (χ3n) is 5.00. The number of thioether (sulfide) groups is 1. The van der Waals surface area contributed by atoms with Crippen LogP contribution in [0.3, 0.4) is 0 Å². The molecule has 0 aliphatic heterocycles. The molecule has 0 saturated heterocycles. The molecular formula is C20H22BrN5OS2. The Morgan fingerprint density at radius 2 is 2.03 bits per heavy atom. The van der Waals surface area contributed by atoms with Crippen molar-refractivity contribution in [3.8, 4) is 11.3 Å². The average molecular weight is 492 g/mol. The van der Waals surface area contributed by atoms with E-state index in [1.807, 2.05) is 29.6 Å². The molecule has 2 aromatic heterocycles. The van der Waals surface area contributed by atoms with E-state index in [9.17, 15) is 4.79 Å².